The third kappa shape index (κ3) is 8.75. The van der Waals surface area contributed by atoms with E-state index in [2.05, 4.69) is 13.0 Å². The van der Waals surface area contributed by atoms with E-state index in [9.17, 15) is 30.3 Å². The molecule has 17 nitrogen and oxygen atoms in total. The topological polar surface area (TPSA) is 220 Å². The first-order valence-corrected chi connectivity index (χ1v) is 24.2. The number of hydrogen-bond donors (Lipinski definition) is 5. The first-order chi connectivity index (χ1) is 30.7. The van der Waals surface area contributed by atoms with Crippen molar-refractivity contribution in [1.29, 1.82) is 0 Å². The first-order valence-electron chi connectivity index (χ1n) is 24.2. The monoisotopic (exact) mass is 927 g/mol. The van der Waals surface area contributed by atoms with Gasteiger partial charge in [0.1, 0.15) is 41.4 Å². The minimum absolute atomic E-state index is 0.0549. The Labute approximate surface area is 384 Å². The molecule has 4 aliphatic heterocycles. The standard InChI is InChI=1S/C48H78O17/c1-23(49)30-13-16-48(54)46(30,7)36(51)22-35-45(6)14-12-29(17-28(45)11-15-47(35,48)53)62-38-20-33(56-9)44(26(4)60-38)65-40-21-34(57-10)43(27(5)61-40)64-37-18-31(50)42(25(3)59-37)63-39-19-32(55-8)41(52)24(2)58-39/h11,24-27,29-44,50-54H,12-22H2,1-10H3/t24-,25-,26-,27-,29+,30+,31+,32-,33+,34+,35-,36-,37+,38+,39+,40+,41-,42-,43-,44-,45+,46+,47+,48-/m1/s1. The molecule has 4 aliphatic carbocycles. The van der Waals surface area contributed by atoms with Crippen molar-refractivity contribution < 1.29 is 82.4 Å². The molecule has 8 aliphatic rings. The molecule has 7 fully saturated rings. The van der Waals surface area contributed by atoms with Gasteiger partial charge in [-0.2, -0.15) is 0 Å². The Kier molecular flexibility index (Phi) is 14.8. The summed E-state index contributed by atoms with van der Waals surface area (Å²) in [5, 5.41) is 58.2. The molecule has 0 aromatic heterocycles. The van der Waals surface area contributed by atoms with E-state index in [0.717, 1.165) is 5.57 Å². The van der Waals surface area contributed by atoms with Crippen molar-refractivity contribution in [2.24, 2.45) is 22.7 Å². The maximum atomic E-state index is 12.7. The number of methoxy groups -OCH3 is 3. The van der Waals surface area contributed by atoms with Crippen LogP contribution in [0.1, 0.15) is 119 Å². The number of Topliss-reactive ketones (excluding diaryl/α,β-unsaturated/α-hetero) is 1. The summed E-state index contributed by atoms with van der Waals surface area (Å²) >= 11 is 0. The molecule has 17 heteroatoms. The van der Waals surface area contributed by atoms with E-state index in [1.807, 2.05) is 20.8 Å². The van der Waals surface area contributed by atoms with Crippen LogP contribution in [-0.2, 0) is 56.9 Å². The number of carbonyl (C=O) groups excluding carboxylic acids is 1. The number of aliphatic hydroxyl groups excluding tert-OH is 3. The number of hydrogen-bond acceptors (Lipinski definition) is 17. The van der Waals surface area contributed by atoms with Crippen LogP contribution in [0.4, 0.5) is 0 Å². The van der Waals surface area contributed by atoms with Crippen molar-refractivity contribution in [3.05, 3.63) is 11.6 Å². The lowest BCUT2D eigenvalue weighted by molar-refractivity contribution is -0.346. The van der Waals surface area contributed by atoms with Crippen LogP contribution in [0.3, 0.4) is 0 Å². The van der Waals surface area contributed by atoms with E-state index >= 15 is 0 Å². The van der Waals surface area contributed by atoms with Gasteiger partial charge in [0.15, 0.2) is 25.2 Å². The molecule has 3 saturated carbocycles. The van der Waals surface area contributed by atoms with Gasteiger partial charge in [0, 0.05) is 64.3 Å². The fraction of sp³-hybridized carbons (Fsp3) is 0.938. The zero-order chi connectivity index (χ0) is 47.0. The minimum atomic E-state index is -1.58. The van der Waals surface area contributed by atoms with Crippen LogP contribution in [0.25, 0.3) is 0 Å². The van der Waals surface area contributed by atoms with Gasteiger partial charge in [-0.25, -0.2) is 0 Å². The van der Waals surface area contributed by atoms with Gasteiger partial charge >= 0.3 is 0 Å². The summed E-state index contributed by atoms with van der Waals surface area (Å²) < 4.78 is 68.3. The van der Waals surface area contributed by atoms with Crippen molar-refractivity contribution in [3.63, 3.8) is 0 Å². The van der Waals surface area contributed by atoms with Crippen LogP contribution in [0.15, 0.2) is 11.6 Å². The molecule has 4 heterocycles. The highest BCUT2D eigenvalue weighted by Gasteiger charge is 2.76. The molecule has 0 spiro atoms. The van der Waals surface area contributed by atoms with E-state index < -0.39 is 126 Å². The average Bonchev–Trinajstić information content (AvgIpc) is 3.56. The number of rotatable bonds is 12. The molecule has 0 unspecified atom stereocenters. The van der Waals surface area contributed by atoms with E-state index in [-0.39, 0.29) is 43.2 Å². The number of aliphatic hydroxyl groups is 5. The predicted octanol–water partition coefficient (Wildman–Crippen LogP) is 3.20. The van der Waals surface area contributed by atoms with Gasteiger partial charge in [-0.05, 0) is 85.0 Å². The van der Waals surface area contributed by atoms with Crippen LogP contribution in [0.5, 0.6) is 0 Å². The molecule has 24 atom stereocenters. The molecule has 5 N–H and O–H groups in total. The molecular weight excluding hydrogens is 849 g/mol. The number of carbonyl (C=O) groups is 1. The predicted molar refractivity (Wildman–Crippen MR) is 230 cm³/mol. The maximum Gasteiger partial charge on any atom is 0.161 e. The Morgan fingerprint density at radius 3 is 1.72 bits per heavy atom. The average molecular weight is 927 g/mol. The van der Waals surface area contributed by atoms with Gasteiger partial charge in [0.05, 0.1) is 61.0 Å². The molecule has 8 rings (SSSR count). The summed E-state index contributed by atoms with van der Waals surface area (Å²) in [5.74, 6) is -0.933. The van der Waals surface area contributed by atoms with E-state index in [4.69, 9.17) is 52.1 Å². The molecule has 65 heavy (non-hydrogen) atoms. The van der Waals surface area contributed by atoms with Crippen LogP contribution in [0, 0.1) is 22.7 Å². The van der Waals surface area contributed by atoms with Crippen molar-refractivity contribution in [1.82, 2.24) is 0 Å². The first kappa shape index (κ1) is 50.2. The van der Waals surface area contributed by atoms with Gasteiger partial charge in [-0.15, -0.1) is 0 Å². The Morgan fingerprint density at radius 1 is 0.662 bits per heavy atom. The normalized spacial score (nSPS) is 53.7. The number of ether oxygens (including phenoxy) is 11. The zero-order valence-corrected chi connectivity index (χ0v) is 40.0. The highest BCUT2D eigenvalue weighted by molar-refractivity contribution is 5.80. The smallest absolute Gasteiger partial charge is 0.161 e. The zero-order valence-electron chi connectivity index (χ0n) is 40.0. The third-order valence-corrected chi connectivity index (χ3v) is 17.7. The molecule has 4 saturated heterocycles. The van der Waals surface area contributed by atoms with Gasteiger partial charge in [0.25, 0.3) is 0 Å². The summed E-state index contributed by atoms with van der Waals surface area (Å²) in [5.41, 5.74) is -3.46. The van der Waals surface area contributed by atoms with E-state index in [1.165, 1.54) is 14.0 Å². The maximum absolute atomic E-state index is 12.7. The van der Waals surface area contributed by atoms with Crippen molar-refractivity contribution >= 4 is 5.78 Å². The molecule has 0 aromatic carbocycles. The van der Waals surface area contributed by atoms with Gasteiger partial charge in [0.2, 0.25) is 0 Å². The second-order valence-electron chi connectivity index (χ2n) is 21.1. The fourth-order valence-corrected chi connectivity index (χ4v) is 13.8. The van der Waals surface area contributed by atoms with E-state index in [1.54, 1.807) is 28.1 Å². The quantitative estimate of drug-likeness (QED) is 0.178. The van der Waals surface area contributed by atoms with E-state index in [0.29, 0.717) is 51.4 Å². The number of fused-ring (bicyclic) bond motifs is 5. The number of ketones is 1. The minimum Gasteiger partial charge on any atom is -0.392 e. The SMILES string of the molecule is CO[C@H]1C[C@H](O[C@H]2CC[C@@]3(C)C(=CC[C@]4(O)[C@@H]3C[C@@H](O)[C@]3(C)[C@H](C(C)=O)CC[C@@]34O)C2)O[C@H](C)[C@H]1O[C@H]1C[C@H](OC)[C@H](O[C@H]2C[C@H](O)[C@H](O[C@H]3C[C@@H](OC)[C@H](O)[C@@H](C)O3)[C@@H](C)O2)[C@@H](C)O1. The van der Waals surface area contributed by atoms with Crippen molar-refractivity contribution in [3.8, 4) is 0 Å². The molecule has 0 radical (unpaired) electrons. The van der Waals surface area contributed by atoms with Crippen molar-refractivity contribution in [2.45, 2.75) is 241 Å². The lowest BCUT2D eigenvalue weighted by Gasteiger charge is -2.66. The second kappa shape index (κ2) is 19.2. The van der Waals surface area contributed by atoms with Crippen LogP contribution in [0.2, 0.25) is 0 Å². The summed E-state index contributed by atoms with van der Waals surface area (Å²) in [6, 6.07) is 0. The third-order valence-electron chi connectivity index (χ3n) is 17.7. The summed E-state index contributed by atoms with van der Waals surface area (Å²) in [7, 11) is 4.81. The Balaban J connectivity index is 0.837. The molecule has 0 aromatic rings. The lowest BCUT2D eigenvalue weighted by Crippen LogP contribution is -2.75. The van der Waals surface area contributed by atoms with Crippen LogP contribution in [-0.4, -0.2) is 174 Å². The summed E-state index contributed by atoms with van der Waals surface area (Å²) in [6.07, 6.45) is -3.46. The largest absolute Gasteiger partial charge is 0.392 e. The van der Waals surface area contributed by atoms with Crippen LogP contribution < -0.4 is 0 Å². The summed E-state index contributed by atoms with van der Waals surface area (Å²) in [6.45, 7) is 12.9. The lowest BCUT2D eigenvalue weighted by atomic mass is 9.43. The summed E-state index contributed by atoms with van der Waals surface area (Å²) in [4.78, 5) is 12.7. The molecule has 372 valence electrons. The van der Waals surface area contributed by atoms with Gasteiger partial charge in [-0.3, -0.25) is 4.79 Å². The highest BCUT2D eigenvalue weighted by atomic mass is 16.8. The van der Waals surface area contributed by atoms with Gasteiger partial charge in [-0.1, -0.05) is 25.5 Å². The Hall–Kier alpha value is -1.23. The van der Waals surface area contributed by atoms with Crippen LogP contribution >= 0.6 is 0 Å². The van der Waals surface area contributed by atoms with Crippen molar-refractivity contribution in [2.75, 3.05) is 21.3 Å². The molecular formula is C48H78O17. The Morgan fingerprint density at radius 2 is 1.17 bits per heavy atom. The molecule has 0 bridgehead atoms. The van der Waals surface area contributed by atoms with Gasteiger partial charge < -0.3 is 77.6 Å². The molecule has 0 amide bonds. The highest BCUT2D eigenvalue weighted by Crippen LogP contribution is 2.69. The Bertz CT molecular complexity index is 1690. The second-order valence-corrected chi connectivity index (χ2v) is 21.1. The fourth-order valence-electron chi connectivity index (χ4n) is 13.8.